The number of aryl methyl sites for hydroxylation is 1. The van der Waals surface area contributed by atoms with Crippen LogP contribution >= 0.6 is 11.6 Å². The summed E-state index contributed by atoms with van der Waals surface area (Å²) in [5.41, 5.74) is 0.881. The van der Waals surface area contributed by atoms with Crippen LogP contribution in [0.3, 0.4) is 0 Å². The molecule has 4 heteroatoms. The maximum absolute atomic E-state index is 11.3. The molecule has 0 N–H and O–H groups in total. The number of hydrogen-bond acceptors (Lipinski definition) is 3. The van der Waals surface area contributed by atoms with Gasteiger partial charge in [0.2, 0.25) is 6.10 Å². The number of halogens is 1. The molecule has 1 rings (SSSR count). The SMILES string of the molecule is C=C[C@@H](Oc1ccc(Cl)c(C)c1)C(=O)OC. The van der Waals surface area contributed by atoms with Crippen LogP contribution < -0.4 is 4.74 Å². The highest BCUT2D eigenvalue weighted by Gasteiger charge is 2.17. The molecule has 0 unspecified atom stereocenters. The number of methoxy groups -OCH3 is 1. The molecule has 0 aliphatic heterocycles. The molecule has 1 aromatic carbocycles. The third kappa shape index (κ3) is 3.00. The van der Waals surface area contributed by atoms with Crippen molar-refractivity contribution in [3.8, 4) is 5.75 Å². The summed E-state index contributed by atoms with van der Waals surface area (Å²) in [6.07, 6.45) is 0.584. The van der Waals surface area contributed by atoms with Crippen LogP contribution in [0.5, 0.6) is 5.75 Å². The van der Waals surface area contributed by atoms with E-state index in [0.29, 0.717) is 10.8 Å². The predicted octanol–water partition coefficient (Wildman–Crippen LogP) is 2.75. The van der Waals surface area contributed by atoms with E-state index in [9.17, 15) is 4.79 Å². The van der Waals surface area contributed by atoms with Crippen LogP contribution in [0.25, 0.3) is 0 Å². The van der Waals surface area contributed by atoms with Gasteiger partial charge in [-0.05, 0) is 36.8 Å². The number of esters is 1. The Morgan fingerprint density at radius 1 is 1.56 bits per heavy atom. The lowest BCUT2D eigenvalue weighted by molar-refractivity contribution is -0.146. The Balaban J connectivity index is 2.82. The second-order valence-electron chi connectivity index (χ2n) is 3.21. The van der Waals surface area contributed by atoms with Crippen LogP contribution in [0, 0.1) is 6.92 Å². The van der Waals surface area contributed by atoms with Crippen molar-refractivity contribution in [2.75, 3.05) is 7.11 Å². The van der Waals surface area contributed by atoms with Crippen LogP contribution in [0.1, 0.15) is 5.56 Å². The molecule has 3 nitrogen and oxygen atoms in total. The van der Waals surface area contributed by atoms with Gasteiger partial charge in [-0.3, -0.25) is 0 Å². The molecule has 1 aromatic rings. The summed E-state index contributed by atoms with van der Waals surface area (Å²) in [6.45, 7) is 5.37. The number of benzene rings is 1. The monoisotopic (exact) mass is 240 g/mol. The lowest BCUT2D eigenvalue weighted by Gasteiger charge is -2.13. The van der Waals surface area contributed by atoms with Gasteiger partial charge in [0.05, 0.1) is 7.11 Å². The minimum Gasteiger partial charge on any atom is -0.475 e. The summed E-state index contributed by atoms with van der Waals surface area (Å²) in [4.78, 5) is 11.3. The molecular formula is C12H13ClO3. The normalized spacial score (nSPS) is 11.7. The molecular weight excluding hydrogens is 228 g/mol. The van der Waals surface area contributed by atoms with Crippen molar-refractivity contribution in [3.63, 3.8) is 0 Å². The highest BCUT2D eigenvalue weighted by Crippen LogP contribution is 2.22. The van der Waals surface area contributed by atoms with Crippen molar-refractivity contribution in [2.24, 2.45) is 0 Å². The van der Waals surface area contributed by atoms with Gasteiger partial charge in [-0.15, -0.1) is 0 Å². The molecule has 0 heterocycles. The van der Waals surface area contributed by atoms with Crippen LogP contribution in [0.15, 0.2) is 30.9 Å². The summed E-state index contributed by atoms with van der Waals surface area (Å²) in [5.74, 6) is 0.0693. The van der Waals surface area contributed by atoms with Crippen molar-refractivity contribution < 1.29 is 14.3 Å². The first-order valence-corrected chi connectivity index (χ1v) is 5.09. The standard InChI is InChI=1S/C12H13ClO3/c1-4-11(12(14)15-3)16-9-5-6-10(13)8(2)7-9/h4-7,11H,1H2,2-3H3/t11-/m1/s1. The van der Waals surface area contributed by atoms with Crippen LogP contribution in [0.4, 0.5) is 0 Å². The van der Waals surface area contributed by atoms with Gasteiger partial charge in [-0.1, -0.05) is 18.2 Å². The van der Waals surface area contributed by atoms with E-state index in [1.165, 1.54) is 13.2 Å². The fourth-order valence-electron chi connectivity index (χ4n) is 1.15. The summed E-state index contributed by atoms with van der Waals surface area (Å²) in [7, 11) is 1.30. The molecule has 0 spiro atoms. The Labute approximate surface area is 99.6 Å². The maximum Gasteiger partial charge on any atom is 0.351 e. The molecule has 0 fully saturated rings. The second-order valence-corrected chi connectivity index (χ2v) is 3.62. The molecule has 0 aliphatic carbocycles. The molecule has 0 radical (unpaired) electrons. The fraction of sp³-hybridized carbons (Fsp3) is 0.250. The third-order valence-corrected chi connectivity index (χ3v) is 2.46. The smallest absolute Gasteiger partial charge is 0.351 e. The number of ether oxygens (including phenoxy) is 2. The topological polar surface area (TPSA) is 35.5 Å². The minimum absolute atomic E-state index is 0.484. The summed E-state index contributed by atoms with van der Waals surface area (Å²) in [6, 6.07) is 5.15. The first kappa shape index (κ1) is 12.6. The van der Waals surface area contributed by atoms with Crippen LogP contribution in [-0.2, 0) is 9.53 Å². The Morgan fingerprint density at radius 2 is 2.25 bits per heavy atom. The van der Waals surface area contributed by atoms with Gasteiger partial charge in [0.25, 0.3) is 0 Å². The summed E-state index contributed by atoms with van der Waals surface area (Å²) >= 11 is 5.87. The van der Waals surface area contributed by atoms with Crippen molar-refractivity contribution in [2.45, 2.75) is 13.0 Å². The van der Waals surface area contributed by atoms with E-state index >= 15 is 0 Å². The van der Waals surface area contributed by atoms with Crippen molar-refractivity contribution in [1.29, 1.82) is 0 Å². The van der Waals surface area contributed by atoms with Gasteiger partial charge in [0, 0.05) is 5.02 Å². The molecule has 0 bridgehead atoms. The number of rotatable bonds is 4. The zero-order valence-corrected chi connectivity index (χ0v) is 9.95. The Morgan fingerprint density at radius 3 is 2.75 bits per heavy atom. The van der Waals surface area contributed by atoms with Gasteiger partial charge in [0.15, 0.2) is 0 Å². The second kappa shape index (κ2) is 5.56. The van der Waals surface area contributed by atoms with Crippen molar-refractivity contribution in [3.05, 3.63) is 41.4 Å². The molecule has 86 valence electrons. The highest BCUT2D eigenvalue weighted by atomic mass is 35.5. The average molecular weight is 241 g/mol. The average Bonchev–Trinajstić information content (AvgIpc) is 2.29. The summed E-state index contributed by atoms with van der Waals surface area (Å²) < 4.78 is 9.97. The van der Waals surface area contributed by atoms with Gasteiger partial charge >= 0.3 is 5.97 Å². The third-order valence-electron chi connectivity index (χ3n) is 2.04. The highest BCUT2D eigenvalue weighted by molar-refractivity contribution is 6.31. The lowest BCUT2D eigenvalue weighted by Crippen LogP contribution is -2.26. The van der Waals surface area contributed by atoms with Crippen molar-refractivity contribution >= 4 is 17.6 Å². The molecule has 0 saturated carbocycles. The van der Waals surface area contributed by atoms with Gasteiger partial charge in [-0.25, -0.2) is 4.79 Å². The van der Waals surface area contributed by atoms with Gasteiger partial charge < -0.3 is 9.47 Å². The quantitative estimate of drug-likeness (QED) is 0.600. The van der Waals surface area contributed by atoms with E-state index in [0.717, 1.165) is 5.56 Å². The van der Waals surface area contributed by atoms with Gasteiger partial charge in [-0.2, -0.15) is 0 Å². The maximum atomic E-state index is 11.3. The first-order chi connectivity index (χ1) is 7.58. The molecule has 1 atom stereocenters. The van der Waals surface area contributed by atoms with Gasteiger partial charge in [0.1, 0.15) is 5.75 Å². The Bertz CT molecular complexity index is 401. The predicted molar refractivity (Wildman–Crippen MR) is 62.8 cm³/mol. The number of carbonyl (C=O) groups is 1. The van der Waals surface area contributed by atoms with Crippen LogP contribution in [0.2, 0.25) is 5.02 Å². The van der Waals surface area contributed by atoms with E-state index in [1.807, 2.05) is 6.92 Å². The number of carbonyl (C=O) groups excluding carboxylic acids is 1. The Hall–Kier alpha value is -1.48. The molecule has 16 heavy (non-hydrogen) atoms. The van der Waals surface area contributed by atoms with E-state index in [-0.39, 0.29) is 0 Å². The Kier molecular flexibility index (Phi) is 4.38. The molecule has 0 saturated heterocycles. The fourth-order valence-corrected chi connectivity index (χ4v) is 1.26. The molecule has 0 amide bonds. The van der Waals surface area contributed by atoms with E-state index in [2.05, 4.69) is 11.3 Å². The summed E-state index contributed by atoms with van der Waals surface area (Å²) in [5, 5.41) is 0.653. The molecule has 0 aromatic heterocycles. The largest absolute Gasteiger partial charge is 0.475 e. The van der Waals surface area contributed by atoms with Crippen molar-refractivity contribution in [1.82, 2.24) is 0 Å². The zero-order valence-electron chi connectivity index (χ0n) is 9.20. The molecule has 0 aliphatic rings. The van der Waals surface area contributed by atoms with E-state index < -0.39 is 12.1 Å². The van der Waals surface area contributed by atoms with E-state index in [4.69, 9.17) is 16.3 Å². The minimum atomic E-state index is -0.800. The van der Waals surface area contributed by atoms with Crippen LogP contribution in [-0.4, -0.2) is 19.2 Å². The first-order valence-electron chi connectivity index (χ1n) is 4.71. The number of hydrogen-bond donors (Lipinski definition) is 0. The zero-order chi connectivity index (χ0) is 12.1. The van der Waals surface area contributed by atoms with E-state index in [1.54, 1.807) is 18.2 Å². The lowest BCUT2D eigenvalue weighted by atomic mass is 10.2.